The van der Waals surface area contributed by atoms with Crippen LogP contribution in [0, 0.1) is 0 Å². The van der Waals surface area contributed by atoms with E-state index in [0.29, 0.717) is 10.9 Å². The van der Waals surface area contributed by atoms with Crippen molar-refractivity contribution in [2.45, 2.75) is 71.4 Å². The van der Waals surface area contributed by atoms with Crippen molar-refractivity contribution >= 4 is 17.3 Å². The van der Waals surface area contributed by atoms with E-state index in [0.717, 1.165) is 30.2 Å². The molecule has 0 spiro atoms. The number of carboxylic acid groups (broad SMARTS) is 1. The Bertz CT molecular complexity index is 505. The number of carbonyl (C=O) groups is 1. The summed E-state index contributed by atoms with van der Waals surface area (Å²) in [6.07, 6.45) is 4.95. The van der Waals surface area contributed by atoms with E-state index in [9.17, 15) is 9.90 Å². The molecule has 1 saturated heterocycles. The molecule has 1 fully saturated rings. The van der Waals surface area contributed by atoms with Crippen molar-refractivity contribution in [1.29, 1.82) is 0 Å². The minimum atomic E-state index is -0.852. The molecule has 1 aromatic rings. The van der Waals surface area contributed by atoms with Crippen LogP contribution in [0.5, 0.6) is 0 Å². The number of nitrogens with zero attached hydrogens (tertiary/aromatic N) is 2. The maximum Gasteiger partial charge on any atom is 0.347 e. The van der Waals surface area contributed by atoms with Crippen LogP contribution >= 0.6 is 11.3 Å². The van der Waals surface area contributed by atoms with Gasteiger partial charge in [0.2, 0.25) is 0 Å². The van der Waals surface area contributed by atoms with Gasteiger partial charge in [0.05, 0.1) is 12.2 Å². The summed E-state index contributed by atoms with van der Waals surface area (Å²) in [6, 6.07) is 0.619. The largest absolute Gasteiger partial charge is 0.477 e. The van der Waals surface area contributed by atoms with E-state index in [1.54, 1.807) is 0 Å². The predicted octanol–water partition coefficient (Wildman–Crippen LogP) is 3.90. The topological polar surface area (TPSA) is 53.4 Å². The Labute approximate surface area is 131 Å². The molecule has 21 heavy (non-hydrogen) atoms. The highest BCUT2D eigenvalue weighted by atomic mass is 32.1. The van der Waals surface area contributed by atoms with Gasteiger partial charge in [-0.2, -0.15) is 0 Å². The molecule has 1 atom stereocenters. The van der Waals surface area contributed by atoms with Gasteiger partial charge >= 0.3 is 5.97 Å². The first-order valence-electron chi connectivity index (χ1n) is 7.80. The minimum Gasteiger partial charge on any atom is -0.477 e. The van der Waals surface area contributed by atoms with Crippen molar-refractivity contribution in [2.75, 3.05) is 6.54 Å². The fourth-order valence-corrected chi connectivity index (χ4v) is 4.13. The van der Waals surface area contributed by atoms with Gasteiger partial charge in [-0.25, -0.2) is 9.78 Å². The second kappa shape index (κ2) is 6.44. The summed E-state index contributed by atoms with van der Waals surface area (Å²) in [5.74, 6) is -0.852. The molecule has 118 valence electrons. The van der Waals surface area contributed by atoms with E-state index in [1.165, 1.54) is 30.6 Å². The molecule has 4 nitrogen and oxygen atoms in total. The predicted molar refractivity (Wildman–Crippen MR) is 86.1 cm³/mol. The first kappa shape index (κ1) is 16.4. The first-order chi connectivity index (χ1) is 9.82. The highest BCUT2D eigenvalue weighted by Crippen LogP contribution is 2.31. The van der Waals surface area contributed by atoms with Crippen molar-refractivity contribution in [3.05, 3.63) is 15.6 Å². The van der Waals surface area contributed by atoms with Gasteiger partial charge in [0, 0.05) is 11.5 Å². The zero-order valence-corrected chi connectivity index (χ0v) is 14.3. The van der Waals surface area contributed by atoms with Gasteiger partial charge in [-0.1, -0.05) is 34.1 Å². The Morgan fingerprint density at radius 2 is 2.14 bits per heavy atom. The fraction of sp³-hybridized carbons (Fsp3) is 0.750. The summed E-state index contributed by atoms with van der Waals surface area (Å²) in [5.41, 5.74) is 0.495. The van der Waals surface area contributed by atoms with Crippen LogP contribution in [-0.4, -0.2) is 33.5 Å². The van der Waals surface area contributed by atoms with Crippen molar-refractivity contribution < 1.29 is 9.90 Å². The normalized spacial score (nSPS) is 20.7. The Hall–Kier alpha value is -0.940. The Kier molecular flexibility index (Phi) is 5.04. The maximum atomic E-state index is 11.5. The minimum absolute atomic E-state index is 0.228. The van der Waals surface area contributed by atoms with Crippen molar-refractivity contribution in [2.24, 2.45) is 0 Å². The van der Waals surface area contributed by atoms with Gasteiger partial charge in [0.25, 0.3) is 0 Å². The lowest BCUT2D eigenvalue weighted by atomic mass is 9.91. The molecule has 0 aromatic carbocycles. The molecule has 1 N–H and O–H groups in total. The number of piperidine rings is 1. The van der Waals surface area contributed by atoms with Gasteiger partial charge in [0.1, 0.15) is 9.88 Å². The van der Waals surface area contributed by atoms with Crippen LogP contribution in [0.1, 0.15) is 73.8 Å². The first-order valence-corrected chi connectivity index (χ1v) is 8.62. The lowest BCUT2D eigenvalue weighted by molar-refractivity contribution is 0.0699. The summed E-state index contributed by atoms with van der Waals surface area (Å²) in [4.78, 5) is 19.0. The average molecular weight is 310 g/mol. The summed E-state index contributed by atoms with van der Waals surface area (Å²) < 4.78 is 0. The van der Waals surface area contributed by atoms with Gasteiger partial charge in [0.15, 0.2) is 0 Å². The summed E-state index contributed by atoms with van der Waals surface area (Å²) >= 11 is 1.35. The standard InChI is InChI=1S/C16H26N2O2S/c1-5-11-8-6-7-9-18(11)10-12-17-14(16(2,3)4)13(21-12)15(19)20/h11H,5-10H2,1-4H3,(H,19,20). The van der Waals surface area contributed by atoms with Crippen molar-refractivity contribution in [3.8, 4) is 0 Å². The molecule has 1 aliphatic heterocycles. The SMILES string of the molecule is CCC1CCCCN1Cc1nc(C(C)(C)C)c(C(=O)O)s1. The van der Waals surface area contributed by atoms with Crippen LogP contribution in [0.4, 0.5) is 0 Å². The lowest BCUT2D eigenvalue weighted by Gasteiger charge is -2.34. The molecule has 0 aliphatic carbocycles. The van der Waals surface area contributed by atoms with Crippen LogP contribution in [0.15, 0.2) is 0 Å². The molecule has 0 bridgehead atoms. The smallest absolute Gasteiger partial charge is 0.347 e. The molecule has 0 radical (unpaired) electrons. The number of likely N-dealkylation sites (tertiary alicyclic amines) is 1. The Morgan fingerprint density at radius 1 is 1.43 bits per heavy atom. The van der Waals surface area contributed by atoms with E-state index in [2.05, 4.69) is 16.8 Å². The van der Waals surface area contributed by atoms with E-state index in [1.807, 2.05) is 20.8 Å². The third kappa shape index (κ3) is 3.83. The lowest BCUT2D eigenvalue weighted by Crippen LogP contribution is -2.38. The third-order valence-electron chi connectivity index (χ3n) is 4.13. The van der Waals surface area contributed by atoms with E-state index < -0.39 is 5.97 Å². The second-order valence-electron chi connectivity index (χ2n) is 6.87. The highest BCUT2D eigenvalue weighted by Gasteiger charge is 2.28. The number of aromatic nitrogens is 1. The van der Waals surface area contributed by atoms with E-state index >= 15 is 0 Å². The van der Waals surface area contributed by atoms with Crippen LogP contribution in [-0.2, 0) is 12.0 Å². The van der Waals surface area contributed by atoms with E-state index in [4.69, 9.17) is 0 Å². The number of carboxylic acids is 1. The zero-order chi connectivity index (χ0) is 15.6. The maximum absolute atomic E-state index is 11.5. The molecule has 1 aromatic heterocycles. The molecule has 5 heteroatoms. The van der Waals surface area contributed by atoms with Gasteiger partial charge in [-0.15, -0.1) is 11.3 Å². The number of hydrogen-bond donors (Lipinski definition) is 1. The average Bonchev–Trinajstić information content (AvgIpc) is 2.83. The van der Waals surface area contributed by atoms with Gasteiger partial charge < -0.3 is 5.11 Å². The van der Waals surface area contributed by atoms with Crippen LogP contribution in [0.25, 0.3) is 0 Å². The summed E-state index contributed by atoms with van der Waals surface area (Å²) in [7, 11) is 0. The molecule has 1 aliphatic rings. The second-order valence-corrected chi connectivity index (χ2v) is 7.95. The van der Waals surface area contributed by atoms with Crippen molar-refractivity contribution in [3.63, 3.8) is 0 Å². The van der Waals surface area contributed by atoms with Gasteiger partial charge in [-0.3, -0.25) is 4.90 Å². The molecular weight excluding hydrogens is 284 g/mol. The fourth-order valence-electron chi connectivity index (χ4n) is 2.99. The van der Waals surface area contributed by atoms with Crippen LogP contribution in [0.3, 0.4) is 0 Å². The summed E-state index contributed by atoms with van der Waals surface area (Å²) in [6.45, 7) is 10.2. The molecule has 1 unspecified atom stereocenters. The number of hydrogen-bond acceptors (Lipinski definition) is 4. The quantitative estimate of drug-likeness (QED) is 0.916. The number of thiazole rings is 1. The number of rotatable bonds is 4. The molecular formula is C16H26N2O2S. The third-order valence-corrected chi connectivity index (χ3v) is 5.16. The van der Waals surface area contributed by atoms with Crippen molar-refractivity contribution in [1.82, 2.24) is 9.88 Å². The molecule has 2 rings (SSSR count). The van der Waals surface area contributed by atoms with Crippen LogP contribution in [0.2, 0.25) is 0 Å². The summed E-state index contributed by atoms with van der Waals surface area (Å²) in [5, 5.41) is 10.3. The molecule has 0 amide bonds. The Balaban J connectivity index is 2.22. The molecule has 2 heterocycles. The number of aromatic carboxylic acids is 1. The van der Waals surface area contributed by atoms with Crippen LogP contribution < -0.4 is 0 Å². The van der Waals surface area contributed by atoms with E-state index in [-0.39, 0.29) is 5.41 Å². The Morgan fingerprint density at radius 3 is 2.67 bits per heavy atom. The van der Waals surface area contributed by atoms with Gasteiger partial charge in [-0.05, 0) is 25.8 Å². The monoisotopic (exact) mass is 310 g/mol. The zero-order valence-electron chi connectivity index (χ0n) is 13.5. The highest BCUT2D eigenvalue weighted by molar-refractivity contribution is 7.13. The molecule has 0 saturated carbocycles.